The summed E-state index contributed by atoms with van der Waals surface area (Å²) in [6.45, 7) is 8.25. The summed E-state index contributed by atoms with van der Waals surface area (Å²) in [5, 5.41) is 7.15. The Morgan fingerprint density at radius 2 is 2.07 bits per heavy atom. The lowest BCUT2D eigenvalue weighted by molar-refractivity contribution is 0.447. The molecule has 0 spiro atoms. The monoisotopic (exact) mass is 212 g/mol. The maximum Gasteiger partial charge on any atom is 0.00796 e. The second-order valence-electron chi connectivity index (χ2n) is 5.22. The Labute approximate surface area is 95.2 Å². The van der Waals surface area contributed by atoms with Crippen LogP contribution in [0.1, 0.15) is 52.4 Å². The highest BCUT2D eigenvalue weighted by atomic mass is 14.9. The minimum absolute atomic E-state index is 0.777. The lowest BCUT2D eigenvalue weighted by Gasteiger charge is -2.15. The van der Waals surface area contributed by atoms with Gasteiger partial charge in [-0.25, -0.2) is 0 Å². The maximum absolute atomic E-state index is 3.70. The van der Waals surface area contributed by atoms with Gasteiger partial charge in [-0.05, 0) is 51.2 Å². The molecule has 0 radical (unpaired) electrons. The lowest BCUT2D eigenvalue weighted by Crippen LogP contribution is -2.30. The SMILES string of the molecule is CC(C)CCCCNC1CCCNCC1. The van der Waals surface area contributed by atoms with Crippen LogP contribution in [-0.4, -0.2) is 25.7 Å². The van der Waals surface area contributed by atoms with Gasteiger partial charge in [0.2, 0.25) is 0 Å². The minimum atomic E-state index is 0.777. The van der Waals surface area contributed by atoms with Crippen LogP contribution in [0, 0.1) is 5.92 Å². The van der Waals surface area contributed by atoms with Crippen molar-refractivity contribution in [2.45, 2.75) is 58.4 Å². The molecule has 1 saturated heterocycles. The summed E-state index contributed by atoms with van der Waals surface area (Å²) in [7, 11) is 0. The molecule has 0 saturated carbocycles. The first-order valence-corrected chi connectivity index (χ1v) is 6.73. The van der Waals surface area contributed by atoms with E-state index in [2.05, 4.69) is 24.5 Å². The van der Waals surface area contributed by atoms with Gasteiger partial charge >= 0.3 is 0 Å². The van der Waals surface area contributed by atoms with Crippen molar-refractivity contribution in [3.05, 3.63) is 0 Å². The van der Waals surface area contributed by atoms with Gasteiger partial charge in [0.1, 0.15) is 0 Å². The van der Waals surface area contributed by atoms with Crippen molar-refractivity contribution in [3.8, 4) is 0 Å². The molecule has 1 rings (SSSR count). The molecule has 1 unspecified atom stereocenters. The van der Waals surface area contributed by atoms with Crippen LogP contribution in [0.2, 0.25) is 0 Å². The van der Waals surface area contributed by atoms with Crippen LogP contribution >= 0.6 is 0 Å². The van der Waals surface area contributed by atoms with Gasteiger partial charge in [-0.1, -0.05) is 26.7 Å². The molecule has 1 heterocycles. The van der Waals surface area contributed by atoms with Crippen molar-refractivity contribution in [2.75, 3.05) is 19.6 Å². The average molecular weight is 212 g/mol. The molecular formula is C13H28N2. The van der Waals surface area contributed by atoms with Crippen molar-refractivity contribution >= 4 is 0 Å². The predicted octanol–water partition coefficient (Wildman–Crippen LogP) is 2.54. The highest BCUT2D eigenvalue weighted by Crippen LogP contribution is 2.07. The molecule has 1 fully saturated rings. The van der Waals surface area contributed by atoms with E-state index in [1.54, 1.807) is 0 Å². The Morgan fingerprint density at radius 1 is 1.20 bits per heavy atom. The van der Waals surface area contributed by atoms with E-state index in [-0.39, 0.29) is 0 Å². The van der Waals surface area contributed by atoms with Gasteiger partial charge in [0.25, 0.3) is 0 Å². The van der Waals surface area contributed by atoms with E-state index in [9.17, 15) is 0 Å². The third-order valence-electron chi connectivity index (χ3n) is 3.22. The zero-order chi connectivity index (χ0) is 10.9. The Balaban J connectivity index is 1.94. The van der Waals surface area contributed by atoms with Crippen LogP contribution in [-0.2, 0) is 0 Å². The first-order chi connectivity index (χ1) is 7.29. The predicted molar refractivity (Wildman–Crippen MR) is 67.2 cm³/mol. The van der Waals surface area contributed by atoms with Crippen molar-refractivity contribution < 1.29 is 0 Å². The van der Waals surface area contributed by atoms with E-state index >= 15 is 0 Å². The van der Waals surface area contributed by atoms with E-state index in [1.165, 1.54) is 58.2 Å². The normalized spacial score (nSPS) is 23.0. The molecular weight excluding hydrogens is 184 g/mol. The average Bonchev–Trinajstić information content (AvgIpc) is 2.45. The van der Waals surface area contributed by atoms with Crippen molar-refractivity contribution in [1.29, 1.82) is 0 Å². The molecule has 2 nitrogen and oxygen atoms in total. The molecule has 15 heavy (non-hydrogen) atoms. The molecule has 1 aliphatic rings. The third kappa shape index (κ3) is 6.91. The Bertz CT molecular complexity index is 137. The lowest BCUT2D eigenvalue weighted by atomic mass is 10.1. The highest BCUT2D eigenvalue weighted by Gasteiger charge is 2.09. The fraction of sp³-hybridized carbons (Fsp3) is 1.00. The molecule has 1 aliphatic heterocycles. The summed E-state index contributed by atoms with van der Waals surface area (Å²) < 4.78 is 0. The standard InChI is InChI=1S/C13H28N2/c1-12(2)6-3-4-10-15-13-7-5-9-14-11-8-13/h12-15H,3-11H2,1-2H3. The number of unbranched alkanes of at least 4 members (excludes halogenated alkanes) is 1. The van der Waals surface area contributed by atoms with E-state index in [0.29, 0.717) is 0 Å². The Kier molecular flexibility index (Phi) is 7.03. The van der Waals surface area contributed by atoms with Crippen LogP contribution in [0.4, 0.5) is 0 Å². The summed E-state index contributed by atoms with van der Waals surface area (Å²) in [6, 6.07) is 0.777. The van der Waals surface area contributed by atoms with Gasteiger partial charge in [-0.2, -0.15) is 0 Å². The second-order valence-corrected chi connectivity index (χ2v) is 5.22. The number of rotatable bonds is 6. The molecule has 0 amide bonds. The van der Waals surface area contributed by atoms with Gasteiger partial charge < -0.3 is 10.6 Å². The minimum Gasteiger partial charge on any atom is -0.317 e. The molecule has 2 heteroatoms. The van der Waals surface area contributed by atoms with Gasteiger partial charge in [0.15, 0.2) is 0 Å². The van der Waals surface area contributed by atoms with Crippen LogP contribution in [0.15, 0.2) is 0 Å². The molecule has 2 N–H and O–H groups in total. The maximum atomic E-state index is 3.70. The molecule has 0 bridgehead atoms. The van der Waals surface area contributed by atoms with E-state index < -0.39 is 0 Å². The van der Waals surface area contributed by atoms with Crippen molar-refractivity contribution in [2.24, 2.45) is 5.92 Å². The largest absolute Gasteiger partial charge is 0.317 e. The van der Waals surface area contributed by atoms with E-state index in [4.69, 9.17) is 0 Å². The Hall–Kier alpha value is -0.0800. The molecule has 90 valence electrons. The van der Waals surface area contributed by atoms with Gasteiger partial charge in [-0.3, -0.25) is 0 Å². The fourth-order valence-electron chi connectivity index (χ4n) is 2.21. The quantitative estimate of drug-likeness (QED) is 0.661. The summed E-state index contributed by atoms with van der Waals surface area (Å²) in [4.78, 5) is 0. The number of hydrogen-bond acceptors (Lipinski definition) is 2. The van der Waals surface area contributed by atoms with Crippen LogP contribution < -0.4 is 10.6 Å². The van der Waals surface area contributed by atoms with Crippen LogP contribution in [0.3, 0.4) is 0 Å². The number of nitrogens with one attached hydrogen (secondary N) is 2. The highest BCUT2D eigenvalue weighted by molar-refractivity contribution is 4.72. The topological polar surface area (TPSA) is 24.1 Å². The summed E-state index contributed by atoms with van der Waals surface area (Å²) >= 11 is 0. The zero-order valence-electron chi connectivity index (χ0n) is 10.5. The molecule has 0 aromatic rings. The van der Waals surface area contributed by atoms with E-state index in [0.717, 1.165) is 12.0 Å². The third-order valence-corrected chi connectivity index (χ3v) is 3.22. The fourth-order valence-corrected chi connectivity index (χ4v) is 2.21. The van der Waals surface area contributed by atoms with Gasteiger partial charge in [0.05, 0.1) is 0 Å². The van der Waals surface area contributed by atoms with Crippen molar-refractivity contribution in [1.82, 2.24) is 10.6 Å². The van der Waals surface area contributed by atoms with Gasteiger partial charge in [-0.15, -0.1) is 0 Å². The van der Waals surface area contributed by atoms with Crippen LogP contribution in [0.25, 0.3) is 0 Å². The summed E-state index contributed by atoms with van der Waals surface area (Å²) in [6.07, 6.45) is 8.12. The molecule has 1 atom stereocenters. The number of hydrogen-bond donors (Lipinski definition) is 2. The zero-order valence-corrected chi connectivity index (χ0v) is 10.5. The smallest absolute Gasteiger partial charge is 0.00796 e. The summed E-state index contributed by atoms with van der Waals surface area (Å²) in [5.74, 6) is 0.868. The molecule has 0 aromatic heterocycles. The van der Waals surface area contributed by atoms with Crippen molar-refractivity contribution in [3.63, 3.8) is 0 Å². The second kappa shape index (κ2) is 8.12. The van der Waals surface area contributed by atoms with Crippen LogP contribution in [0.5, 0.6) is 0 Å². The Morgan fingerprint density at radius 3 is 2.87 bits per heavy atom. The first kappa shape index (κ1) is 13.0. The molecule has 0 aliphatic carbocycles. The first-order valence-electron chi connectivity index (χ1n) is 6.73. The van der Waals surface area contributed by atoms with Gasteiger partial charge in [0, 0.05) is 6.04 Å². The van der Waals surface area contributed by atoms with E-state index in [1.807, 2.05) is 0 Å². The summed E-state index contributed by atoms with van der Waals surface area (Å²) in [5.41, 5.74) is 0. The molecule has 0 aromatic carbocycles.